The first-order valence-corrected chi connectivity index (χ1v) is 11.2. The summed E-state index contributed by atoms with van der Waals surface area (Å²) in [4.78, 5) is 38.4. The number of nitrogens with zero attached hydrogens (tertiary/aromatic N) is 1. The van der Waals surface area contributed by atoms with Gasteiger partial charge in [0.25, 0.3) is 0 Å². The van der Waals surface area contributed by atoms with E-state index in [1.165, 1.54) is 17.0 Å². The largest absolute Gasteiger partial charge is 0.492 e. The van der Waals surface area contributed by atoms with Crippen molar-refractivity contribution in [3.05, 3.63) is 29.6 Å². The molecule has 0 bridgehead atoms. The van der Waals surface area contributed by atoms with Crippen molar-refractivity contribution in [1.29, 1.82) is 0 Å². The van der Waals surface area contributed by atoms with Gasteiger partial charge in [-0.25, -0.2) is 4.39 Å². The molecular weight excluding hydrogens is 415 g/mol. The lowest BCUT2D eigenvalue weighted by Crippen LogP contribution is -2.52. The van der Waals surface area contributed by atoms with E-state index >= 15 is 0 Å². The molecule has 0 aliphatic carbocycles. The highest BCUT2D eigenvalue weighted by Gasteiger charge is 2.27. The summed E-state index contributed by atoms with van der Waals surface area (Å²) >= 11 is 0. The van der Waals surface area contributed by atoms with Crippen LogP contribution in [-0.4, -0.2) is 68.5 Å². The smallest absolute Gasteiger partial charge is 0.240 e. The SMILES string of the molecule is CCC(C)C1NCCOc2cc(F)ccc2CCCCNC(=O)CNC(=O)CN(C)C1=O. The molecule has 1 aromatic rings. The average Bonchev–Trinajstić information content (AvgIpc) is 2.77. The van der Waals surface area contributed by atoms with Crippen LogP contribution < -0.4 is 20.7 Å². The van der Waals surface area contributed by atoms with Gasteiger partial charge in [-0.2, -0.15) is 0 Å². The molecule has 1 heterocycles. The number of benzene rings is 1. The molecule has 8 nitrogen and oxygen atoms in total. The summed E-state index contributed by atoms with van der Waals surface area (Å²) in [6.45, 7) is 4.84. The van der Waals surface area contributed by atoms with Gasteiger partial charge in [-0.15, -0.1) is 0 Å². The molecule has 2 unspecified atom stereocenters. The highest BCUT2D eigenvalue weighted by atomic mass is 19.1. The minimum absolute atomic E-state index is 0.0395. The zero-order valence-electron chi connectivity index (χ0n) is 19.2. The van der Waals surface area contributed by atoms with E-state index in [-0.39, 0.29) is 43.2 Å². The predicted molar refractivity (Wildman–Crippen MR) is 120 cm³/mol. The molecule has 32 heavy (non-hydrogen) atoms. The lowest BCUT2D eigenvalue weighted by atomic mass is 9.98. The Morgan fingerprint density at radius 1 is 1.16 bits per heavy atom. The van der Waals surface area contributed by atoms with E-state index in [9.17, 15) is 18.8 Å². The summed E-state index contributed by atoms with van der Waals surface area (Å²) < 4.78 is 19.6. The van der Waals surface area contributed by atoms with Crippen molar-refractivity contribution in [2.75, 3.05) is 39.8 Å². The quantitative estimate of drug-likeness (QED) is 0.630. The number of aryl methyl sites for hydroxylation is 1. The van der Waals surface area contributed by atoms with Crippen molar-refractivity contribution in [2.24, 2.45) is 5.92 Å². The fourth-order valence-electron chi connectivity index (χ4n) is 3.51. The van der Waals surface area contributed by atoms with Gasteiger partial charge in [0.1, 0.15) is 18.2 Å². The van der Waals surface area contributed by atoms with Crippen LogP contribution in [0.25, 0.3) is 0 Å². The summed E-state index contributed by atoms with van der Waals surface area (Å²) in [5, 5.41) is 8.54. The Kier molecular flexibility index (Phi) is 10.4. The molecule has 0 saturated heterocycles. The second-order valence-corrected chi connectivity index (χ2v) is 8.20. The zero-order chi connectivity index (χ0) is 23.5. The highest BCUT2D eigenvalue weighted by Crippen LogP contribution is 2.22. The number of ether oxygens (including phenoxy) is 1. The van der Waals surface area contributed by atoms with Crippen LogP contribution in [0.2, 0.25) is 0 Å². The molecule has 3 N–H and O–H groups in total. The predicted octanol–water partition coefficient (Wildman–Crippen LogP) is 1.24. The molecule has 1 aromatic carbocycles. The van der Waals surface area contributed by atoms with E-state index in [2.05, 4.69) is 16.0 Å². The van der Waals surface area contributed by atoms with Gasteiger partial charge in [0.05, 0.1) is 19.1 Å². The molecule has 0 spiro atoms. The minimum Gasteiger partial charge on any atom is -0.492 e. The molecule has 0 saturated carbocycles. The van der Waals surface area contributed by atoms with Crippen LogP contribution in [0.5, 0.6) is 5.75 Å². The molecule has 1 aliphatic rings. The normalized spacial score (nSPS) is 21.2. The van der Waals surface area contributed by atoms with Gasteiger partial charge in [-0.05, 0) is 36.8 Å². The van der Waals surface area contributed by atoms with E-state index in [0.29, 0.717) is 25.3 Å². The summed E-state index contributed by atoms with van der Waals surface area (Å²) in [6, 6.07) is 4.02. The first-order chi connectivity index (χ1) is 15.3. The number of hydrogen-bond donors (Lipinski definition) is 3. The zero-order valence-corrected chi connectivity index (χ0v) is 19.2. The van der Waals surface area contributed by atoms with Crippen molar-refractivity contribution >= 4 is 17.7 Å². The van der Waals surface area contributed by atoms with E-state index in [0.717, 1.165) is 24.8 Å². The van der Waals surface area contributed by atoms with Crippen LogP contribution in [0.4, 0.5) is 4.39 Å². The number of likely N-dealkylation sites (N-methyl/N-ethyl adjacent to an activating group) is 1. The number of fused-ring (bicyclic) bond motifs is 1. The summed E-state index contributed by atoms with van der Waals surface area (Å²) in [7, 11) is 1.57. The van der Waals surface area contributed by atoms with Crippen molar-refractivity contribution in [2.45, 2.75) is 45.6 Å². The topological polar surface area (TPSA) is 99.8 Å². The molecule has 2 rings (SSSR count). The van der Waals surface area contributed by atoms with Gasteiger partial charge in [0.2, 0.25) is 17.7 Å². The lowest BCUT2D eigenvalue weighted by molar-refractivity contribution is -0.137. The number of carbonyl (C=O) groups is 3. The third-order valence-electron chi connectivity index (χ3n) is 5.63. The lowest BCUT2D eigenvalue weighted by Gasteiger charge is -2.28. The highest BCUT2D eigenvalue weighted by molar-refractivity contribution is 5.89. The average molecular weight is 451 g/mol. The van der Waals surface area contributed by atoms with Crippen molar-refractivity contribution in [3.63, 3.8) is 0 Å². The Hall–Kier alpha value is -2.68. The number of amides is 3. The van der Waals surface area contributed by atoms with Crippen LogP contribution in [-0.2, 0) is 20.8 Å². The van der Waals surface area contributed by atoms with Crippen molar-refractivity contribution in [1.82, 2.24) is 20.9 Å². The number of carbonyl (C=O) groups excluding carboxylic acids is 3. The Balaban J connectivity index is 2.13. The van der Waals surface area contributed by atoms with Crippen LogP contribution >= 0.6 is 0 Å². The Morgan fingerprint density at radius 3 is 2.69 bits per heavy atom. The maximum atomic E-state index is 13.8. The van der Waals surface area contributed by atoms with Crippen LogP contribution in [0.15, 0.2) is 18.2 Å². The van der Waals surface area contributed by atoms with Crippen LogP contribution in [0.3, 0.4) is 0 Å². The molecule has 9 heteroatoms. The first kappa shape index (κ1) is 25.6. The number of rotatable bonds is 2. The van der Waals surface area contributed by atoms with E-state index in [4.69, 9.17) is 4.74 Å². The molecule has 0 fully saturated rings. The van der Waals surface area contributed by atoms with Crippen molar-refractivity contribution < 1.29 is 23.5 Å². The van der Waals surface area contributed by atoms with E-state index in [1.54, 1.807) is 13.1 Å². The Bertz CT molecular complexity index is 789. The Labute approximate surface area is 189 Å². The molecule has 1 aliphatic heterocycles. The second-order valence-electron chi connectivity index (χ2n) is 8.20. The Morgan fingerprint density at radius 2 is 1.94 bits per heavy atom. The molecule has 2 atom stereocenters. The molecule has 0 aromatic heterocycles. The second kappa shape index (κ2) is 13.0. The maximum Gasteiger partial charge on any atom is 0.240 e. The van der Waals surface area contributed by atoms with Gasteiger partial charge < -0.3 is 25.6 Å². The van der Waals surface area contributed by atoms with Crippen LogP contribution in [0, 0.1) is 11.7 Å². The fourth-order valence-corrected chi connectivity index (χ4v) is 3.51. The summed E-state index contributed by atoms with van der Waals surface area (Å²) in [5.74, 6) is -0.713. The van der Waals surface area contributed by atoms with E-state index < -0.39 is 11.9 Å². The van der Waals surface area contributed by atoms with E-state index in [1.807, 2.05) is 13.8 Å². The number of hydrogen-bond acceptors (Lipinski definition) is 5. The summed E-state index contributed by atoms with van der Waals surface area (Å²) in [6.07, 6.45) is 3.00. The summed E-state index contributed by atoms with van der Waals surface area (Å²) in [5.41, 5.74) is 0.900. The molecule has 178 valence electrons. The maximum absolute atomic E-state index is 13.8. The van der Waals surface area contributed by atoms with Crippen LogP contribution in [0.1, 0.15) is 38.7 Å². The van der Waals surface area contributed by atoms with Gasteiger partial charge >= 0.3 is 0 Å². The van der Waals surface area contributed by atoms with Crippen molar-refractivity contribution in [3.8, 4) is 5.75 Å². The standard InChI is InChI=1S/C23H35FN4O4/c1-4-16(2)22-23(31)28(3)15-21(30)27-14-20(29)25-10-6-5-7-17-8-9-18(24)13-19(17)32-12-11-26-22/h8-9,13,16,22,26H,4-7,10-12,14-15H2,1-3H3,(H,25,29)(H,27,30). The van der Waals surface area contributed by atoms with Gasteiger partial charge in [-0.1, -0.05) is 26.3 Å². The third-order valence-corrected chi connectivity index (χ3v) is 5.63. The first-order valence-electron chi connectivity index (χ1n) is 11.2. The van der Waals surface area contributed by atoms with Gasteiger partial charge in [-0.3, -0.25) is 14.4 Å². The number of nitrogens with one attached hydrogen (secondary N) is 3. The fraction of sp³-hybridized carbons (Fsp3) is 0.609. The minimum atomic E-state index is -0.487. The van der Waals surface area contributed by atoms with Gasteiger partial charge in [0, 0.05) is 26.2 Å². The molecule has 0 radical (unpaired) electrons. The third kappa shape index (κ3) is 8.11. The molecular formula is C23H35FN4O4. The molecule has 3 amide bonds. The number of halogens is 1. The monoisotopic (exact) mass is 450 g/mol. The van der Waals surface area contributed by atoms with Gasteiger partial charge in [0.15, 0.2) is 0 Å².